The van der Waals surface area contributed by atoms with Crippen LogP contribution in [0.4, 0.5) is 0 Å². The van der Waals surface area contributed by atoms with Crippen LogP contribution in [0.25, 0.3) is 11.1 Å². The van der Waals surface area contributed by atoms with Crippen molar-refractivity contribution in [1.29, 1.82) is 0 Å². The van der Waals surface area contributed by atoms with E-state index in [0.29, 0.717) is 31.4 Å². The minimum absolute atomic E-state index is 0.0956. The molecule has 0 aromatic heterocycles. The van der Waals surface area contributed by atoms with E-state index in [-0.39, 0.29) is 24.6 Å². The number of rotatable bonds is 14. The van der Waals surface area contributed by atoms with Crippen molar-refractivity contribution in [2.45, 2.75) is 68.2 Å². The Morgan fingerprint density at radius 1 is 0.473 bits per heavy atom. The third kappa shape index (κ3) is 9.41. The number of nitrogens with zero attached hydrogens (tertiary/aromatic N) is 2. The lowest BCUT2D eigenvalue weighted by molar-refractivity contribution is -0.176. The Morgan fingerprint density at radius 2 is 0.851 bits per heavy atom. The highest BCUT2D eigenvalue weighted by Crippen LogP contribution is 2.65. The molecule has 0 amide bonds. The molecule has 10 heteroatoms. The average molecular weight is 997 g/mol. The van der Waals surface area contributed by atoms with Crippen molar-refractivity contribution in [1.82, 2.24) is 0 Å². The number of fused-ring (bicyclic) bond motifs is 1. The van der Waals surface area contributed by atoms with Crippen molar-refractivity contribution in [3.05, 3.63) is 275 Å². The standard InChI is InChI=1S/C64H57N2O7P/c1-62(2)70-58-59(71-62)64(53-35-17-7-18-36-53,54-37-19-8-20-38-54)73-74(72-63(58,51-31-13-5-14-32-51)52-33-15-6-16-34-52)69-42-46-24-22-30-50(40-46)49-29-21-23-45(39-49)41-55(60-65-56(43-67-60)47-25-9-3-10-26-47)61-66-57(44-68-61)48-27-11-4-12-28-48/h3-40,55-59H,41-44H2,1-2H3/t56-,57-,58+,59+/m0/s1. The number of benzene rings is 8. The molecule has 8 aromatic rings. The van der Waals surface area contributed by atoms with Crippen molar-refractivity contribution in [3.63, 3.8) is 0 Å². The normalized spacial score (nSPS) is 21.7. The maximum atomic E-state index is 7.59. The van der Waals surface area contributed by atoms with Crippen molar-refractivity contribution in [2.75, 3.05) is 13.2 Å². The highest BCUT2D eigenvalue weighted by Gasteiger charge is 2.67. The first-order valence-electron chi connectivity index (χ1n) is 25.4. The summed E-state index contributed by atoms with van der Waals surface area (Å²) in [5, 5.41) is 0. The molecule has 0 aliphatic carbocycles. The van der Waals surface area contributed by atoms with Gasteiger partial charge in [0.15, 0.2) is 28.8 Å². The molecule has 4 atom stereocenters. The zero-order valence-electron chi connectivity index (χ0n) is 41.4. The number of ether oxygens (including phenoxy) is 4. The van der Waals surface area contributed by atoms with Gasteiger partial charge in [0, 0.05) is 0 Å². The average Bonchev–Trinajstić information content (AvgIpc) is 4.23. The third-order valence-corrected chi connectivity index (χ3v) is 15.6. The van der Waals surface area contributed by atoms with Gasteiger partial charge in [0.25, 0.3) is 0 Å². The van der Waals surface area contributed by atoms with E-state index in [9.17, 15) is 0 Å². The molecule has 0 bridgehead atoms. The van der Waals surface area contributed by atoms with Crippen molar-refractivity contribution in [3.8, 4) is 11.1 Å². The van der Waals surface area contributed by atoms with Gasteiger partial charge in [-0.1, -0.05) is 224 Å². The number of hydrogen-bond donors (Lipinski definition) is 0. The van der Waals surface area contributed by atoms with Gasteiger partial charge in [-0.15, -0.1) is 0 Å². The molecule has 4 aliphatic rings. The molecule has 12 rings (SSSR count). The highest BCUT2D eigenvalue weighted by molar-refractivity contribution is 7.41. The van der Waals surface area contributed by atoms with Crippen LogP contribution < -0.4 is 0 Å². The maximum absolute atomic E-state index is 7.59. The fourth-order valence-electron chi connectivity index (χ4n) is 10.9. The van der Waals surface area contributed by atoms with E-state index in [1.54, 1.807) is 0 Å². The van der Waals surface area contributed by atoms with E-state index in [4.69, 9.17) is 42.5 Å². The predicted octanol–water partition coefficient (Wildman–Crippen LogP) is 14.1. The van der Waals surface area contributed by atoms with E-state index >= 15 is 0 Å². The van der Waals surface area contributed by atoms with Crippen molar-refractivity contribution < 1.29 is 32.5 Å². The zero-order valence-corrected chi connectivity index (χ0v) is 42.2. The lowest BCUT2D eigenvalue weighted by Crippen LogP contribution is -2.53. The molecule has 9 nitrogen and oxygen atoms in total. The second-order valence-corrected chi connectivity index (χ2v) is 20.7. The van der Waals surface area contributed by atoms with Gasteiger partial charge in [-0.2, -0.15) is 0 Å². The second kappa shape index (κ2) is 20.7. The van der Waals surface area contributed by atoms with Crippen LogP contribution in [0, 0.1) is 5.92 Å². The van der Waals surface area contributed by atoms with E-state index in [0.717, 1.165) is 55.6 Å². The summed E-state index contributed by atoms with van der Waals surface area (Å²) in [5.41, 5.74) is 7.54. The topological polar surface area (TPSA) is 89.3 Å². The quantitative estimate of drug-likeness (QED) is 0.100. The summed E-state index contributed by atoms with van der Waals surface area (Å²) in [7, 11) is -2.18. The van der Waals surface area contributed by atoms with Gasteiger partial charge in [-0.05, 0) is 82.0 Å². The van der Waals surface area contributed by atoms with Gasteiger partial charge < -0.3 is 23.5 Å². The molecular formula is C64H57N2O7P. The summed E-state index contributed by atoms with van der Waals surface area (Å²) in [6.07, 6.45) is -0.814. The first-order valence-corrected chi connectivity index (χ1v) is 26.5. The molecule has 0 N–H and O–H groups in total. The van der Waals surface area contributed by atoms with Crippen LogP contribution in [0.1, 0.15) is 70.4 Å². The van der Waals surface area contributed by atoms with Crippen LogP contribution >= 0.6 is 8.60 Å². The van der Waals surface area contributed by atoms with Crippen LogP contribution in [-0.2, 0) is 56.7 Å². The largest absolute Gasteiger partial charge is 0.478 e. The Bertz CT molecular complexity index is 2990. The maximum Gasteiger partial charge on any atom is 0.335 e. The van der Waals surface area contributed by atoms with E-state index < -0.39 is 37.8 Å². The molecule has 0 unspecified atom stereocenters. The molecule has 2 fully saturated rings. The lowest BCUT2D eigenvalue weighted by Gasteiger charge is -2.41. The second-order valence-electron chi connectivity index (χ2n) is 19.7. The number of aliphatic imine (C=N–C) groups is 2. The van der Waals surface area contributed by atoms with Crippen LogP contribution in [0.3, 0.4) is 0 Å². The Kier molecular flexibility index (Phi) is 13.4. The highest BCUT2D eigenvalue weighted by atomic mass is 31.2. The van der Waals surface area contributed by atoms with Gasteiger partial charge in [-0.25, -0.2) is 9.98 Å². The van der Waals surface area contributed by atoms with Crippen molar-refractivity contribution in [2.24, 2.45) is 15.9 Å². The van der Waals surface area contributed by atoms with Crippen molar-refractivity contribution >= 4 is 20.4 Å². The van der Waals surface area contributed by atoms with Gasteiger partial charge in [0.05, 0.1) is 6.61 Å². The third-order valence-electron chi connectivity index (χ3n) is 14.4. The molecule has 74 heavy (non-hydrogen) atoms. The predicted molar refractivity (Wildman–Crippen MR) is 289 cm³/mol. The van der Waals surface area contributed by atoms with E-state index in [1.165, 1.54) is 0 Å². The van der Waals surface area contributed by atoms with Gasteiger partial charge in [0.1, 0.15) is 43.4 Å². The Labute approximate surface area is 434 Å². The molecule has 0 saturated carbocycles. The molecule has 0 spiro atoms. The monoisotopic (exact) mass is 996 g/mol. The summed E-state index contributed by atoms with van der Waals surface area (Å²) in [5.74, 6) is 0.00381. The smallest absolute Gasteiger partial charge is 0.335 e. The van der Waals surface area contributed by atoms with Crippen LogP contribution in [0.15, 0.2) is 241 Å². The zero-order chi connectivity index (χ0) is 50.0. The lowest BCUT2D eigenvalue weighted by atomic mass is 9.72. The molecular weight excluding hydrogens is 940 g/mol. The Morgan fingerprint density at radius 3 is 1.27 bits per heavy atom. The first-order chi connectivity index (χ1) is 36.3. The summed E-state index contributed by atoms with van der Waals surface area (Å²) >= 11 is 0. The van der Waals surface area contributed by atoms with Crippen LogP contribution in [-0.4, -0.2) is 43.0 Å². The fraction of sp³-hybridized carbons (Fsp3) is 0.219. The summed E-state index contributed by atoms with van der Waals surface area (Å²) in [6.45, 7) is 5.06. The van der Waals surface area contributed by atoms with Crippen LogP contribution in [0.2, 0.25) is 0 Å². The van der Waals surface area contributed by atoms with Gasteiger partial charge in [0.2, 0.25) is 0 Å². The summed E-state index contributed by atoms with van der Waals surface area (Å²) < 4.78 is 49.4. The first kappa shape index (κ1) is 47.9. The SMILES string of the molecule is CC1(C)O[C@@H]2[C@@H](O1)C(c1ccccc1)(c1ccccc1)OP(OCc1cccc(-c3cccc(CC(C4=N[C@H](c5ccccc5)CO4)C4=N[C@H](c5ccccc5)CO4)c3)c1)OC2(c1ccccc1)c1ccccc1. The van der Waals surface area contributed by atoms with Gasteiger partial charge >= 0.3 is 8.60 Å². The van der Waals surface area contributed by atoms with E-state index in [2.05, 4.69) is 121 Å². The van der Waals surface area contributed by atoms with Gasteiger partial charge in [-0.3, -0.25) is 9.05 Å². The van der Waals surface area contributed by atoms with Crippen LogP contribution in [0.5, 0.6) is 0 Å². The summed E-state index contributed by atoms with van der Waals surface area (Å²) in [4.78, 5) is 10.3. The molecule has 4 heterocycles. The summed E-state index contributed by atoms with van der Waals surface area (Å²) in [6, 6.07) is 78.6. The molecule has 4 aliphatic heterocycles. The molecule has 2 saturated heterocycles. The molecule has 8 aromatic carbocycles. The molecule has 370 valence electrons. The molecule has 0 radical (unpaired) electrons. The minimum atomic E-state index is -2.18. The Balaban J connectivity index is 0.883. The minimum Gasteiger partial charge on any atom is -0.478 e. The fourth-order valence-corrected chi connectivity index (χ4v) is 12.4. The van der Waals surface area contributed by atoms with E-state index in [1.807, 2.05) is 123 Å². The Hall–Kier alpha value is -7.07. The number of hydrogen-bond acceptors (Lipinski definition) is 9.